The maximum absolute atomic E-state index is 13.8. The highest BCUT2D eigenvalue weighted by molar-refractivity contribution is 6.07. The number of aliphatic hydroxyl groups excluding tert-OH is 1. The van der Waals surface area contributed by atoms with Crippen LogP contribution in [0.15, 0.2) is 23.4 Å². The lowest BCUT2D eigenvalue weighted by atomic mass is 9.33. The van der Waals surface area contributed by atoms with Crippen molar-refractivity contribution in [2.45, 2.75) is 119 Å². The number of carbonyl (C=O) groups excluding carboxylic acids is 2. The highest BCUT2D eigenvalue weighted by atomic mass is 19.4. The van der Waals surface area contributed by atoms with Gasteiger partial charge in [-0.15, -0.1) is 0 Å². The molecule has 8 atom stereocenters. The fraction of sp³-hybridized carbons (Fsp3) is 0.818. The van der Waals surface area contributed by atoms with E-state index in [1.807, 2.05) is 13.8 Å². The summed E-state index contributed by atoms with van der Waals surface area (Å²) in [5.74, 6) is -0.0844. The molecule has 0 aromatic rings. The predicted octanol–water partition coefficient (Wildman–Crippen LogP) is 7.52. The van der Waals surface area contributed by atoms with E-state index in [4.69, 9.17) is 0 Å². The summed E-state index contributed by atoms with van der Waals surface area (Å²) in [7, 11) is 0. The zero-order valence-corrected chi connectivity index (χ0v) is 25.4. The van der Waals surface area contributed by atoms with Gasteiger partial charge in [0.15, 0.2) is 5.78 Å². The molecule has 40 heavy (non-hydrogen) atoms. The van der Waals surface area contributed by atoms with Gasteiger partial charge in [-0.3, -0.25) is 9.59 Å². The van der Waals surface area contributed by atoms with Gasteiger partial charge in [-0.05, 0) is 108 Å². The van der Waals surface area contributed by atoms with Gasteiger partial charge >= 0.3 is 6.18 Å². The van der Waals surface area contributed by atoms with Gasteiger partial charge in [0, 0.05) is 6.42 Å². The van der Waals surface area contributed by atoms with Crippen LogP contribution in [0.4, 0.5) is 13.2 Å². The lowest BCUT2D eigenvalue weighted by molar-refractivity contribution is -0.228. The van der Waals surface area contributed by atoms with Crippen molar-refractivity contribution in [1.29, 1.82) is 0 Å². The van der Waals surface area contributed by atoms with Gasteiger partial charge in [-0.1, -0.05) is 55.0 Å². The number of halogens is 3. The topological polar surface area (TPSA) is 66.4 Å². The fourth-order valence-corrected chi connectivity index (χ4v) is 11.2. The second kappa shape index (κ2) is 8.94. The van der Waals surface area contributed by atoms with E-state index >= 15 is 0 Å². The molecule has 0 radical (unpaired) electrons. The normalized spacial score (nSPS) is 44.5. The molecule has 224 valence electrons. The number of alkyl halides is 3. The molecule has 0 aliphatic heterocycles. The van der Waals surface area contributed by atoms with Crippen LogP contribution in [0.1, 0.15) is 106 Å². The molecule has 4 fully saturated rings. The number of amides is 1. The predicted molar refractivity (Wildman–Crippen MR) is 149 cm³/mol. The maximum atomic E-state index is 13.8. The highest BCUT2D eigenvalue weighted by Gasteiger charge is 2.70. The number of fused-ring (bicyclic) bond motifs is 7. The second-order valence-corrected chi connectivity index (χ2v) is 15.6. The van der Waals surface area contributed by atoms with Crippen molar-refractivity contribution in [3.63, 3.8) is 0 Å². The van der Waals surface area contributed by atoms with E-state index in [9.17, 15) is 27.9 Å². The first-order valence-electron chi connectivity index (χ1n) is 15.3. The molecule has 5 rings (SSSR count). The number of aliphatic hydroxyl groups is 1. The molecular formula is C33H48F3NO3. The Morgan fingerprint density at radius 1 is 0.950 bits per heavy atom. The monoisotopic (exact) mass is 563 g/mol. The largest absolute Gasteiger partial charge is 0.430 e. The van der Waals surface area contributed by atoms with Crippen LogP contribution in [0, 0.1) is 50.7 Å². The number of Topliss-reactive ketones (excluding diaryl/α,β-unsaturated/α-hetero) is 1. The Bertz CT molecular complexity index is 1170. The second-order valence-electron chi connectivity index (χ2n) is 15.6. The summed E-state index contributed by atoms with van der Waals surface area (Å²) in [6.07, 6.45) is 1.63. The van der Waals surface area contributed by atoms with Crippen molar-refractivity contribution in [3.05, 3.63) is 23.4 Å². The summed E-state index contributed by atoms with van der Waals surface area (Å²) in [5, 5.41) is 13.0. The zero-order valence-electron chi connectivity index (χ0n) is 25.4. The molecule has 7 heteroatoms. The van der Waals surface area contributed by atoms with Crippen LogP contribution in [-0.2, 0) is 9.59 Å². The van der Waals surface area contributed by atoms with Gasteiger partial charge in [0.2, 0.25) is 5.91 Å². The van der Waals surface area contributed by atoms with Crippen LogP contribution < -0.4 is 5.32 Å². The van der Waals surface area contributed by atoms with E-state index < -0.39 is 23.2 Å². The third-order valence-electron chi connectivity index (χ3n) is 13.5. The molecule has 5 aliphatic carbocycles. The molecular weight excluding hydrogens is 515 g/mol. The Balaban J connectivity index is 1.58. The molecule has 0 heterocycles. The lowest BCUT2D eigenvalue weighted by Crippen LogP contribution is -2.66. The first-order valence-corrected chi connectivity index (χ1v) is 15.3. The van der Waals surface area contributed by atoms with E-state index in [-0.39, 0.29) is 51.8 Å². The third kappa shape index (κ3) is 3.74. The average Bonchev–Trinajstić information content (AvgIpc) is 3.15. The summed E-state index contributed by atoms with van der Waals surface area (Å²) in [5.41, 5.74) is -1.30. The molecule has 5 aliphatic rings. The third-order valence-corrected chi connectivity index (χ3v) is 13.5. The molecule has 4 saturated carbocycles. The van der Waals surface area contributed by atoms with Gasteiger partial charge in [-0.25, -0.2) is 0 Å². The number of nitrogens with one attached hydrogen (secondary N) is 1. The maximum Gasteiger partial charge on any atom is 0.430 e. The van der Waals surface area contributed by atoms with Crippen LogP contribution >= 0.6 is 0 Å². The minimum absolute atomic E-state index is 0.0291. The first kappa shape index (κ1) is 29.8. The number of hydrogen-bond donors (Lipinski definition) is 2. The van der Waals surface area contributed by atoms with Crippen LogP contribution in [0.25, 0.3) is 0 Å². The summed E-state index contributed by atoms with van der Waals surface area (Å²) in [6, 6.07) is 0. The van der Waals surface area contributed by atoms with Gasteiger partial charge in [-0.2, -0.15) is 13.2 Å². The van der Waals surface area contributed by atoms with E-state index in [2.05, 4.69) is 46.5 Å². The summed E-state index contributed by atoms with van der Waals surface area (Å²) >= 11 is 0. The molecule has 0 saturated heterocycles. The minimum atomic E-state index is -4.73. The van der Waals surface area contributed by atoms with E-state index in [1.165, 1.54) is 0 Å². The van der Waals surface area contributed by atoms with Gasteiger partial charge in [0.1, 0.15) is 5.70 Å². The van der Waals surface area contributed by atoms with Crippen LogP contribution in [0.3, 0.4) is 0 Å². The Morgan fingerprint density at radius 2 is 1.60 bits per heavy atom. The van der Waals surface area contributed by atoms with Crippen LogP contribution in [0.5, 0.6) is 0 Å². The van der Waals surface area contributed by atoms with Crippen molar-refractivity contribution in [1.82, 2.24) is 5.32 Å². The molecule has 3 unspecified atom stereocenters. The quantitative estimate of drug-likeness (QED) is 0.373. The molecule has 1 amide bonds. The van der Waals surface area contributed by atoms with Gasteiger partial charge < -0.3 is 10.4 Å². The smallest absolute Gasteiger partial charge is 0.393 e. The lowest BCUT2D eigenvalue weighted by Gasteiger charge is -2.72. The number of hydrogen-bond acceptors (Lipinski definition) is 3. The number of carbonyl (C=O) groups is 2. The number of ketones is 1. The average molecular weight is 564 g/mol. The zero-order chi connectivity index (χ0) is 29.8. The summed E-state index contributed by atoms with van der Waals surface area (Å²) in [6.45, 7) is 18.7. The summed E-state index contributed by atoms with van der Waals surface area (Å²) < 4.78 is 40.2. The minimum Gasteiger partial charge on any atom is -0.393 e. The molecule has 0 spiro atoms. The molecule has 4 nitrogen and oxygen atoms in total. The highest BCUT2D eigenvalue weighted by Crippen LogP contribution is 2.76. The number of allylic oxidation sites excluding steroid dienone is 2. The Hall–Kier alpha value is -1.63. The first-order chi connectivity index (χ1) is 18.3. The molecule has 0 bridgehead atoms. The van der Waals surface area contributed by atoms with Crippen molar-refractivity contribution in [3.8, 4) is 0 Å². The van der Waals surface area contributed by atoms with E-state index in [1.54, 1.807) is 0 Å². The van der Waals surface area contributed by atoms with Gasteiger partial charge in [0.05, 0.1) is 11.5 Å². The van der Waals surface area contributed by atoms with E-state index in [0.717, 1.165) is 44.1 Å². The van der Waals surface area contributed by atoms with Crippen molar-refractivity contribution < 1.29 is 27.9 Å². The van der Waals surface area contributed by atoms with Crippen molar-refractivity contribution >= 4 is 11.7 Å². The van der Waals surface area contributed by atoms with Crippen LogP contribution in [-0.4, -0.2) is 29.1 Å². The van der Waals surface area contributed by atoms with Crippen molar-refractivity contribution in [2.75, 3.05) is 0 Å². The SMILES string of the molecule is C=C(NC(=O)[C@@]12CC[C@]3(C)C(CCC4[C@@]5(C)CC[C@H](O)C(C)(C)C5CC[C@]43C)C1=C(C(C)C)C(=O)C2)C(F)(F)F. The summed E-state index contributed by atoms with van der Waals surface area (Å²) in [4.78, 5) is 27.3. The number of rotatable bonds is 3. The van der Waals surface area contributed by atoms with Crippen LogP contribution in [0.2, 0.25) is 0 Å². The Labute approximate surface area is 237 Å². The molecule has 0 aromatic heterocycles. The van der Waals surface area contributed by atoms with Gasteiger partial charge in [0.25, 0.3) is 0 Å². The van der Waals surface area contributed by atoms with E-state index in [0.29, 0.717) is 30.3 Å². The Kier molecular flexibility index (Phi) is 6.67. The van der Waals surface area contributed by atoms with Crippen molar-refractivity contribution in [2.24, 2.45) is 50.7 Å². The Morgan fingerprint density at radius 3 is 2.20 bits per heavy atom. The standard InChI is InChI=1S/C33H48F3NO3/c1-18(2)25-21(38)17-32(27(40)37-19(3)33(34,35)36)16-15-30(7)20(26(25)32)9-10-23-29(6)13-12-24(39)28(4,5)22(29)11-14-31(23,30)8/h18,20,22-24,39H,3,9-17H2,1-2,4-8H3,(H,37,40)/t20?,22?,23?,24-,29-,30+,31+,32+/m0/s1. The molecule has 0 aromatic carbocycles. The fourth-order valence-electron chi connectivity index (χ4n) is 11.2. The molecule has 2 N–H and O–H groups in total.